The lowest BCUT2D eigenvalue weighted by Gasteiger charge is -2.32. The fourth-order valence-corrected chi connectivity index (χ4v) is 3.60. The van der Waals surface area contributed by atoms with Gasteiger partial charge in [0.05, 0.1) is 0 Å². The minimum Gasteiger partial charge on any atom is -0.480 e. The highest BCUT2D eigenvalue weighted by Crippen LogP contribution is 2.32. The van der Waals surface area contributed by atoms with Gasteiger partial charge >= 0.3 is 5.97 Å². The summed E-state index contributed by atoms with van der Waals surface area (Å²) in [5.41, 5.74) is 0.940. The van der Waals surface area contributed by atoms with Crippen LogP contribution < -0.4 is 0 Å². The predicted molar refractivity (Wildman–Crippen MR) is 75.2 cm³/mol. The van der Waals surface area contributed by atoms with Crippen LogP contribution in [0.5, 0.6) is 0 Å². The fourth-order valence-electron chi connectivity index (χ4n) is 2.71. The van der Waals surface area contributed by atoms with Crippen molar-refractivity contribution in [3.63, 3.8) is 0 Å². The Morgan fingerprint density at radius 1 is 1.33 bits per heavy atom. The molecule has 6 heteroatoms. The molecule has 0 saturated heterocycles. The standard InChI is InChI=1S/C15H13F2NO2S/c16-11-3-1-2-10(13(11)17)14(15(19)20)18-6-4-12-9(8-18)5-7-21-12/h1-3,5,7,14H,4,6,8H2,(H,19,20). The molecule has 0 fully saturated rings. The third kappa shape index (κ3) is 2.56. The summed E-state index contributed by atoms with van der Waals surface area (Å²) in [7, 11) is 0. The molecule has 1 aromatic heterocycles. The van der Waals surface area contributed by atoms with Crippen LogP contribution in [0.15, 0.2) is 29.6 Å². The molecule has 1 aromatic carbocycles. The first-order chi connectivity index (χ1) is 10.1. The minimum absolute atomic E-state index is 0.124. The van der Waals surface area contributed by atoms with Crippen LogP contribution in [0.3, 0.4) is 0 Å². The molecule has 1 atom stereocenters. The molecule has 21 heavy (non-hydrogen) atoms. The Bertz CT molecular complexity index is 686. The Kier molecular flexibility index (Phi) is 3.73. The van der Waals surface area contributed by atoms with E-state index < -0.39 is 23.6 Å². The molecule has 0 bridgehead atoms. The number of halogens is 2. The number of aliphatic carboxylic acids is 1. The number of thiophene rings is 1. The zero-order valence-corrected chi connectivity index (χ0v) is 11.9. The van der Waals surface area contributed by atoms with Gasteiger partial charge in [-0.15, -0.1) is 11.3 Å². The number of rotatable bonds is 3. The smallest absolute Gasteiger partial charge is 0.325 e. The van der Waals surface area contributed by atoms with Crippen LogP contribution in [0, 0.1) is 11.6 Å². The van der Waals surface area contributed by atoms with Gasteiger partial charge in [-0.05, 0) is 29.5 Å². The zero-order chi connectivity index (χ0) is 15.0. The summed E-state index contributed by atoms with van der Waals surface area (Å²) in [6.45, 7) is 0.951. The molecule has 3 nitrogen and oxygen atoms in total. The second kappa shape index (κ2) is 5.54. The molecule has 1 aliphatic rings. The van der Waals surface area contributed by atoms with Crippen LogP contribution >= 0.6 is 11.3 Å². The largest absolute Gasteiger partial charge is 0.480 e. The van der Waals surface area contributed by atoms with Gasteiger partial charge in [-0.1, -0.05) is 12.1 Å². The first-order valence-corrected chi connectivity index (χ1v) is 7.42. The van der Waals surface area contributed by atoms with Gasteiger partial charge in [-0.2, -0.15) is 0 Å². The third-order valence-electron chi connectivity index (χ3n) is 3.71. The van der Waals surface area contributed by atoms with Crippen molar-refractivity contribution in [3.05, 3.63) is 57.3 Å². The van der Waals surface area contributed by atoms with E-state index in [1.165, 1.54) is 17.0 Å². The van der Waals surface area contributed by atoms with Crippen molar-refractivity contribution in [1.82, 2.24) is 4.90 Å². The Labute approximate surface area is 124 Å². The van der Waals surface area contributed by atoms with Crippen LogP contribution in [0.1, 0.15) is 22.0 Å². The number of benzene rings is 1. The number of nitrogens with zero attached hydrogens (tertiary/aromatic N) is 1. The lowest BCUT2D eigenvalue weighted by Crippen LogP contribution is -2.38. The summed E-state index contributed by atoms with van der Waals surface area (Å²) in [5, 5.41) is 11.4. The van der Waals surface area contributed by atoms with Crippen LogP contribution in [0.2, 0.25) is 0 Å². The zero-order valence-electron chi connectivity index (χ0n) is 11.1. The molecule has 2 heterocycles. The van der Waals surface area contributed by atoms with Gasteiger partial charge in [0.15, 0.2) is 11.6 Å². The van der Waals surface area contributed by atoms with E-state index in [0.717, 1.165) is 18.1 Å². The van der Waals surface area contributed by atoms with Crippen LogP contribution in [0.4, 0.5) is 8.78 Å². The van der Waals surface area contributed by atoms with E-state index in [0.29, 0.717) is 13.1 Å². The average Bonchev–Trinajstić information content (AvgIpc) is 2.91. The molecule has 0 radical (unpaired) electrons. The fraction of sp³-hybridized carbons (Fsp3) is 0.267. The molecule has 0 saturated carbocycles. The Morgan fingerprint density at radius 2 is 2.14 bits per heavy atom. The molecular weight excluding hydrogens is 296 g/mol. The maximum absolute atomic E-state index is 13.9. The van der Waals surface area contributed by atoms with Crippen LogP contribution in [0.25, 0.3) is 0 Å². The molecule has 110 valence electrons. The SMILES string of the molecule is O=C(O)C(c1cccc(F)c1F)N1CCc2sccc2C1. The molecule has 3 rings (SSSR count). The maximum atomic E-state index is 13.9. The third-order valence-corrected chi connectivity index (χ3v) is 4.74. The first-order valence-electron chi connectivity index (χ1n) is 6.54. The quantitative estimate of drug-likeness (QED) is 0.946. The molecule has 0 amide bonds. The molecular formula is C15H13F2NO2S. The topological polar surface area (TPSA) is 40.5 Å². The molecule has 1 unspecified atom stereocenters. The maximum Gasteiger partial charge on any atom is 0.325 e. The van der Waals surface area contributed by atoms with Crippen molar-refractivity contribution in [3.8, 4) is 0 Å². The van der Waals surface area contributed by atoms with E-state index >= 15 is 0 Å². The van der Waals surface area contributed by atoms with Gasteiger partial charge in [0.2, 0.25) is 0 Å². The molecule has 1 aliphatic heterocycles. The van der Waals surface area contributed by atoms with Crippen molar-refractivity contribution in [2.24, 2.45) is 0 Å². The van der Waals surface area contributed by atoms with E-state index in [-0.39, 0.29) is 5.56 Å². The van der Waals surface area contributed by atoms with Crippen molar-refractivity contribution in [2.45, 2.75) is 19.0 Å². The van der Waals surface area contributed by atoms with E-state index in [9.17, 15) is 18.7 Å². The predicted octanol–water partition coefficient (Wildman–Crippen LogP) is 3.21. The molecule has 2 aromatic rings. The summed E-state index contributed by atoms with van der Waals surface area (Å²) in [4.78, 5) is 14.5. The Balaban J connectivity index is 1.96. The monoisotopic (exact) mass is 309 g/mol. The van der Waals surface area contributed by atoms with Crippen molar-refractivity contribution in [1.29, 1.82) is 0 Å². The second-order valence-electron chi connectivity index (χ2n) is 4.97. The number of carboxylic acid groups (broad SMARTS) is 1. The van der Waals surface area contributed by atoms with Gasteiger partial charge < -0.3 is 5.11 Å². The van der Waals surface area contributed by atoms with E-state index in [2.05, 4.69) is 0 Å². The van der Waals surface area contributed by atoms with Crippen molar-refractivity contribution >= 4 is 17.3 Å². The van der Waals surface area contributed by atoms with Gasteiger partial charge in [0.1, 0.15) is 6.04 Å². The van der Waals surface area contributed by atoms with Gasteiger partial charge in [-0.3, -0.25) is 9.69 Å². The highest BCUT2D eigenvalue weighted by Gasteiger charge is 2.33. The highest BCUT2D eigenvalue weighted by atomic mass is 32.1. The number of carboxylic acids is 1. The van der Waals surface area contributed by atoms with Gasteiger partial charge in [0.25, 0.3) is 0 Å². The second-order valence-corrected chi connectivity index (χ2v) is 5.97. The van der Waals surface area contributed by atoms with Crippen LogP contribution in [-0.4, -0.2) is 22.5 Å². The van der Waals surface area contributed by atoms with Gasteiger partial charge in [-0.25, -0.2) is 8.78 Å². The number of carbonyl (C=O) groups is 1. The van der Waals surface area contributed by atoms with Crippen molar-refractivity contribution < 1.29 is 18.7 Å². The van der Waals surface area contributed by atoms with E-state index in [1.54, 1.807) is 16.2 Å². The van der Waals surface area contributed by atoms with Gasteiger partial charge in [0, 0.05) is 23.5 Å². The number of hydrogen-bond donors (Lipinski definition) is 1. The molecule has 0 spiro atoms. The highest BCUT2D eigenvalue weighted by molar-refractivity contribution is 7.10. The number of hydrogen-bond acceptors (Lipinski definition) is 3. The lowest BCUT2D eigenvalue weighted by molar-refractivity contribution is -0.144. The summed E-state index contributed by atoms with van der Waals surface area (Å²) in [5.74, 6) is -3.27. The average molecular weight is 309 g/mol. The summed E-state index contributed by atoms with van der Waals surface area (Å²) in [6, 6.07) is 4.44. The summed E-state index contributed by atoms with van der Waals surface area (Å²) in [6.07, 6.45) is 0.730. The number of fused-ring (bicyclic) bond motifs is 1. The lowest BCUT2D eigenvalue weighted by atomic mass is 10.0. The molecule has 0 aliphatic carbocycles. The normalized spacial score (nSPS) is 16.5. The Hall–Kier alpha value is -1.79. The van der Waals surface area contributed by atoms with Crippen LogP contribution in [-0.2, 0) is 17.8 Å². The Morgan fingerprint density at radius 3 is 2.90 bits per heavy atom. The van der Waals surface area contributed by atoms with E-state index in [1.807, 2.05) is 11.4 Å². The summed E-state index contributed by atoms with van der Waals surface area (Å²) >= 11 is 1.64. The van der Waals surface area contributed by atoms with Crippen molar-refractivity contribution in [2.75, 3.05) is 6.54 Å². The minimum atomic E-state index is -1.17. The summed E-state index contributed by atoms with van der Waals surface area (Å²) < 4.78 is 27.3. The molecule has 1 N–H and O–H groups in total. The van der Waals surface area contributed by atoms with E-state index in [4.69, 9.17) is 0 Å². The first kappa shape index (κ1) is 14.2.